The Kier molecular flexibility index (Phi) is 4.05. The highest BCUT2D eigenvalue weighted by molar-refractivity contribution is 5.79. The van der Waals surface area contributed by atoms with E-state index in [0.29, 0.717) is 5.91 Å². The van der Waals surface area contributed by atoms with Crippen LogP contribution in [-0.2, 0) is 4.79 Å². The van der Waals surface area contributed by atoms with Crippen LogP contribution in [0.25, 0.3) is 0 Å². The molecule has 1 aliphatic carbocycles. The maximum absolute atomic E-state index is 12.5. The predicted molar refractivity (Wildman–Crippen MR) is 81.7 cm³/mol. The second-order valence-corrected chi connectivity index (χ2v) is 5.63. The van der Waals surface area contributed by atoms with Gasteiger partial charge >= 0.3 is 0 Å². The van der Waals surface area contributed by atoms with Crippen molar-refractivity contribution in [3.05, 3.63) is 42.5 Å². The van der Waals surface area contributed by atoms with Crippen LogP contribution in [0, 0.1) is 5.92 Å². The second-order valence-electron chi connectivity index (χ2n) is 5.63. The number of carbonyl (C=O) groups excluding carboxylic acids is 1. The van der Waals surface area contributed by atoms with Gasteiger partial charge in [-0.05, 0) is 31.4 Å². The Labute approximate surface area is 120 Å². The van der Waals surface area contributed by atoms with Crippen molar-refractivity contribution >= 4 is 11.6 Å². The largest absolute Gasteiger partial charge is 0.368 e. The standard InChI is InChI=1S/C17H22N2O/c20-17(15-7-3-1-4-8-15)19-13-11-18(12-14-19)16-9-5-2-6-10-16/h1-3,5-6,9-10,15H,4,7-8,11-14H2. The molecule has 0 spiro atoms. The third kappa shape index (κ3) is 2.87. The van der Waals surface area contributed by atoms with E-state index in [2.05, 4.69) is 46.2 Å². The Balaban J connectivity index is 1.56. The molecular formula is C17H22N2O. The zero-order valence-electron chi connectivity index (χ0n) is 11.9. The quantitative estimate of drug-likeness (QED) is 0.771. The van der Waals surface area contributed by atoms with Gasteiger partial charge in [0.25, 0.3) is 0 Å². The lowest BCUT2D eigenvalue weighted by atomic mass is 9.93. The molecule has 1 saturated heterocycles. The van der Waals surface area contributed by atoms with Gasteiger partial charge in [0.1, 0.15) is 0 Å². The van der Waals surface area contributed by atoms with Crippen LogP contribution in [0.3, 0.4) is 0 Å². The molecule has 106 valence electrons. The third-order valence-electron chi connectivity index (χ3n) is 4.33. The highest BCUT2D eigenvalue weighted by Gasteiger charge is 2.27. The molecule has 0 saturated carbocycles. The number of carbonyl (C=O) groups is 1. The van der Waals surface area contributed by atoms with Crippen LogP contribution in [0.4, 0.5) is 5.69 Å². The van der Waals surface area contributed by atoms with E-state index in [1.807, 2.05) is 6.07 Å². The lowest BCUT2D eigenvalue weighted by Crippen LogP contribution is -2.50. The minimum atomic E-state index is 0.225. The van der Waals surface area contributed by atoms with Gasteiger partial charge in [-0.2, -0.15) is 0 Å². The van der Waals surface area contributed by atoms with Gasteiger partial charge in [-0.15, -0.1) is 0 Å². The molecule has 1 heterocycles. The van der Waals surface area contributed by atoms with Crippen LogP contribution in [0.1, 0.15) is 19.3 Å². The lowest BCUT2D eigenvalue weighted by molar-refractivity contribution is -0.136. The minimum absolute atomic E-state index is 0.225. The Hall–Kier alpha value is -1.77. The van der Waals surface area contributed by atoms with E-state index in [0.717, 1.165) is 45.4 Å². The first kappa shape index (κ1) is 13.2. The van der Waals surface area contributed by atoms with Gasteiger partial charge in [0, 0.05) is 37.8 Å². The zero-order valence-corrected chi connectivity index (χ0v) is 11.9. The molecule has 1 aromatic rings. The summed E-state index contributed by atoms with van der Waals surface area (Å²) >= 11 is 0. The van der Waals surface area contributed by atoms with Crippen molar-refractivity contribution in [3.63, 3.8) is 0 Å². The molecule has 1 atom stereocenters. The first-order valence-corrected chi connectivity index (χ1v) is 7.58. The Morgan fingerprint density at radius 2 is 1.75 bits per heavy atom. The van der Waals surface area contributed by atoms with E-state index in [1.165, 1.54) is 5.69 Å². The molecule has 0 bridgehead atoms. The van der Waals surface area contributed by atoms with Crippen LogP contribution < -0.4 is 4.90 Å². The fourth-order valence-electron chi connectivity index (χ4n) is 3.10. The molecule has 3 rings (SSSR count). The summed E-state index contributed by atoms with van der Waals surface area (Å²) in [5, 5.41) is 0. The molecular weight excluding hydrogens is 248 g/mol. The summed E-state index contributed by atoms with van der Waals surface area (Å²) in [5.41, 5.74) is 1.26. The van der Waals surface area contributed by atoms with E-state index < -0.39 is 0 Å². The van der Waals surface area contributed by atoms with Gasteiger partial charge in [-0.25, -0.2) is 0 Å². The number of para-hydroxylation sites is 1. The van der Waals surface area contributed by atoms with Gasteiger partial charge in [-0.3, -0.25) is 4.79 Å². The molecule has 3 nitrogen and oxygen atoms in total. The maximum atomic E-state index is 12.5. The number of hydrogen-bond donors (Lipinski definition) is 0. The molecule has 1 aliphatic heterocycles. The van der Waals surface area contributed by atoms with Crippen LogP contribution in [0.5, 0.6) is 0 Å². The average molecular weight is 270 g/mol. The molecule has 2 aliphatic rings. The Bertz CT molecular complexity index is 475. The fraction of sp³-hybridized carbons (Fsp3) is 0.471. The van der Waals surface area contributed by atoms with Crippen molar-refractivity contribution in [1.29, 1.82) is 0 Å². The normalized spacial score (nSPS) is 22.9. The first-order chi connectivity index (χ1) is 9.84. The van der Waals surface area contributed by atoms with Crippen molar-refractivity contribution in [2.75, 3.05) is 31.1 Å². The lowest BCUT2D eigenvalue weighted by Gasteiger charge is -2.37. The van der Waals surface area contributed by atoms with E-state index in [1.54, 1.807) is 0 Å². The van der Waals surface area contributed by atoms with Crippen LogP contribution in [0.2, 0.25) is 0 Å². The summed E-state index contributed by atoms with van der Waals surface area (Å²) in [6.45, 7) is 3.60. The van der Waals surface area contributed by atoms with E-state index in [9.17, 15) is 4.79 Å². The maximum Gasteiger partial charge on any atom is 0.226 e. The predicted octanol–water partition coefficient (Wildman–Crippen LogP) is 2.69. The number of hydrogen-bond acceptors (Lipinski definition) is 2. The molecule has 1 amide bonds. The number of rotatable bonds is 2. The van der Waals surface area contributed by atoms with Gasteiger partial charge in [-0.1, -0.05) is 30.4 Å². The molecule has 3 heteroatoms. The number of amides is 1. The molecule has 20 heavy (non-hydrogen) atoms. The van der Waals surface area contributed by atoms with Gasteiger partial charge < -0.3 is 9.80 Å². The summed E-state index contributed by atoms with van der Waals surface area (Å²) in [4.78, 5) is 16.9. The number of piperazine rings is 1. The van der Waals surface area contributed by atoms with Gasteiger partial charge in [0.05, 0.1) is 0 Å². The smallest absolute Gasteiger partial charge is 0.226 e. The SMILES string of the molecule is O=C(C1CC=CCC1)N1CCN(c2ccccc2)CC1. The molecule has 1 unspecified atom stereocenters. The summed E-state index contributed by atoms with van der Waals surface area (Å²) in [6.07, 6.45) is 7.36. The molecule has 1 fully saturated rings. The van der Waals surface area contributed by atoms with E-state index in [4.69, 9.17) is 0 Å². The summed E-state index contributed by atoms with van der Waals surface area (Å²) in [6, 6.07) is 10.5. The second kappa shape index (κ2) is 6.12. The van der Waals surface area contributed by atoms with Crippen LogP contribution >= 0.6 is 0 Å². The average Bonchev–Trinajstić information content (AvgIpc) is 2.56. The van der Waals surface area contributed by atoms with E-state index in [-0.39, 0.29) is 5.92 Å². The fourth-order valence-corrected chi connectivity index (χ4v) is 3.10. The first-order valence-electron chi connectivity index (χ1n) is 7.58. The zero-order chi connectivity index (χ0) is 13.8. The van der Waals surface area contributed by atoms with Crippen molar-refractivity contribution in [1.82, 2.24) is 4.90 Å². The van der Waals surface area contributed by atoms with Crippen molar-refractivity contribution in [2.24, 2.45) is 5.92 Å². The molecule has 0 N–H and O–H groups in total. The summed E-state index contributed by atoms with van der Waals surface area (Å²) in [5.74, 6) is 0.588. The summed E-state index contributed by atoms with van der Waals surface area (Å²) < 4.78 is 0. The van der Waals surface area contributed by atoms with Crippen molar-refractivity contribution in [3.8, 4) is 0 Å². The highest BCUT2D eigenvalue weighted by atomic mass is 16.2. The monoisotopic (exact) mass is 270 g/mol. The van der Waals surface area contributed by atoms with Gasteiger partial charge in [0.15, 0.2) is 0 Å². The van der Waals surface area contributed by atoms with Crippen molar-refractivity contribution in [2.45, 2.75) is 19.3 Å². The van der Waals surface area contributed by atoms with Gasteiger partial charge in [0.2, 0.25) is 5.91 Å². The molecule has 1 aromatic carbocycles. The topological polar surface area (TPSA) is 23.6 Å². The van der Waals surface area contributed by atoms with Crippen LogP contribution in [-0.4, -0.2) is 37.0 Å². The third-order valence-corrected chi connectivity index (χ3v) is 4.33. The Morgan fingerprint density at radius 1 is 1.00 bits per heavy atom. The van der Waals surface area contributed by atoms with Crippen LogP contribution in [0.15, 0.2) is 42.5 Å². The highest BCUT2D eigenvalue weighted by Crippen LogP contribution is 2.22. The number of anilines is 1. The number of benzene rings is 1. The number of nitrogens with zero attached hydrogens (tertiary/aromatic N) is 2. The van der Waals surface area contributed by atoms with E-state index >= 15 is 0 Å². The number of allylic oxidation sites excluding steroid dienone is 2. The minimum Gasteiger partial charge on any atom is -0.368 e. The van der Waals surface area contributed by atoms with Crippen molar-refractivity contribution < 1.29 is 4.79 Å². The Morgan fingerprint density at radius 3 is 2.40 bits per heavy atom. The molecule has 0 aromatic heterocycles. The molecule has 0 radical (unpaired) electrons. The summed E-state index contributed by atoms with van der Waals surface area (Å²) in [7, 11) is 0.